The number of anilines is 1. The lowest BCUT2D eigenvalue weighted by molar-refractivity contribution is 0.183. The van der Waals surface area contributed by atoms with E-state index >= 15 is 0 Å². The van der Waals surface area contributed by atoms with Crippen molar-refractivity contribution in [1.29, 1.82) is 0 Å². The van der Waals surface area contributed by atoms with E-state index in [-0.39, 0.29) is 0 Å². The van der Waals surface area contributed by atoms with Crippen LogP contribution in [0, 0.1) is 5.92 Å². The normalized spacial score (nSPS) is 13.1. The van der Waals surface area contributed by atoms with Gasteiger partial charge in [-0.05, 0) is 12.3 Å². The topological polar surface area (TPSA) is 39.1 Å². The Morgan fingerprint density at radius 2 is 2.25 bits per heavy atom. The Hall–Kier alpha value is -1.03. The summed E-state index contributed by atoms with van der Waals surface area (Å²) < 4.78 is 6.92. The first-order valence-electron chi connectivity index (χ1n) is 5.95. The van der Waals surface area contributed by atoms with Crippen LogP contribution in [0.3, 0.4) is 0 Å². The van der Waals surface area contributed by atoms with Gasteiger partial charge in [0.1, 0.15) is 0 Å². The van der Waals surface area contributed by atoms with E-state index in [4.69, 9.17) is 4.74 Å². The second kappa shape index (κ2) is 6.53. The van der Waals surface area contributed by atoms with Crippen LogP contribution in [0.1, 0.15) is 27.2 Å². The van der Waals surface area contributed by atoms with Crippen molar-refractivity contribution in [2.24, 2.45) is 5.92 Å². The predicted octanol–water partition coefficient (Wildman–Crippen LogP) is 2.38. The Labute approximate surface area is 98.0 Å². The van der Waals surface area contributed by atoms with Crippen LogP contribution in [0.15, 0.2) is 12.4 Å². The number of hydrogen-bond donors (Lipinski definition) is 1. The van der Waals surface area contributed by atoms with E-state index in [1.165, 1.54) is 0 Å². The van der Waals surface area contributed by atoms with E-state index < -0.39 is 0 Å². The fourth-order valence-electron chi connectivity index (χ4n) is 1.70. The van der Waals surface area contributed by atoms with Gasteiger partial charge in [0.2, 0.25) is 0 Å². The average Bonchev–Trinajstić information content (AvgIpc) is 2.70. The maximum Gasteiger partial charge on any atom is 0.0728 e. The third kappa shape index (κ3) is 3.85. The molecule has 1 aromatic heterocycles. The van der Waals surface area contributed by atoms with Crippen molar-refractivity contribution < 1.29 is 4.74 Å². The molecule has 0 saturated carbocycles. The van der Waals surface area contributed by atoms with Crippen molar-refractivity contribution in [2.75, 3.05) is 19.0 Å². The standard InChI is InChI=1S/C12H23N3O/c1-5-12(10(2)3)14-11-8-13-15(9-11)6-7-16-4/h8-10,12,14H,5-7H2,1-4H3. The fourth-order valence-corrected chi connectivity index (χ4v) is 1.70. The molecule has 0 spiro atoms. The Kier molecular flexibility index (Phi) is 5.32. The minimum absolute atomic E-state index is 0.514. The highest BCUT2D eigenvalue weighted by molar-refractivity contribution is 5.39. The van der Waals surface area contributed by atoms with Crippen molar-refractivity contribution in [3.05, 3.63) is 12.4 Å². The summed E-state index contributed by atoms with van der Waals surface area (Å²) in [5.74, 6) is 0.632. The van der Waals surface area contributed by atoms with Crippen LogP contribution >= 0.6 is 0 Å². The molecule has 0 radical (unpaired) electrons. The minimum Gasteiger partial charge on any atom is -0.383 e. The average molecular weight is 225 g/mol. The number of aromatic nitrogens is 2. The zero-order chi connectivity index (χ0) is 12.0. The maximum atomic E-state index is 5.01. The zero-order valence-corrected chi connectivity index (χ0v) is 10.7. The van der Waals surface area contributed by atoms with Gasteiger partial charge < -0.3 is 10.1 Å². The third-order valence-electron chi connectivity index (χ3n) is 2.75. The molecule has 0 fully saturated rings. The van der Waals surface area contributed by atoms with Gasteiger partial charge in [-0.25, -0.2) is 0 Å². The van der Waals surface area contributed by atoms with Crippen molar-refractivity contribution in [3.8, 4) is 0 Å². The summed E-state index contributed by atoms with van der Waals surface area (Å²) in [6.45, 7) is 8.17. The lowest BCUT2D eigenvalue weighted by Gasteiger charge is -2.20. The molecule has 0 aliphatic rings. The van der Waals surface area contributed by atoms with Gasteiger partial charge in [0.15, 0.2) is 0 Å². The molecule has 4 nitrogen and oxygen atoms in total. The number of nitrogens with zero attached hydrogens (tertiary/aromatic N) is 2. The van der Waals surface area contributed by atoms with Gasteiger partial charge in [-0.2, -0.15) is 5.10 Å². The van der Waals surface area contributed by atoms with Gasteiger partial charge in [0.25, 0.3) is 0 Å². The van der Waals surface area contributed by atoms with Gasteiger partial charge in [0.05, 0.1) is 25.0 Å². The molecule has 4 heteroatoms. The molecular formula is C12H23N3O. The molecule has 92 valence electrons. The summed E-state index contributed by atoms with van der Waals surface area (Å²) in [6, 6.07) is 0.514. The molecule has 1 N–H and O–H groups in total. The molecule has 1 aromatic rings. The Balaban J connectivity index is 2.50. The molecule has 0 aliphatic heterocycles. The minimum atomic E-state index is 0.514. The van der Waals surface area contributed by atoms with Crippen LogP contribution in [0.2, 0.25) is 0 Å². The summed E-state index contributed by atoms with van der Waals surface area (Å²) in [4.78, 5) is 0. The van der Waals surface area contributed by atoms with Crippen molar-refractivity contribution >= 4 is 5.69 Å². The Morgan fingerprint density at radius 3 is 2.81 bits per heavy atom. The predicted molar refractivity (Wildman–Crippen MR) is 66.6 cm³/mol. The number of ether oxygens (including phenoxy) is 1. The first-order chi connectivity index (χ1) is 7.67. The second-order valence-corrected chi connectivity index (χ2v) is 4.39. The van der Waals surface area contributed by atoms with Crippen molar-refractivity contribution in [2.45, 2.75) is 39.8 Å². The van der Waals surface area contributed by atoms with E-state index in [0.29, 0.717) is 18.6 Å². The highest BCUT2D eigenvalue weighted by Gasteiger charge is 2.11. The van der Waals surface area contributed by atoms with Gasteiger partial charge in [-0.15, -0.1) is 0 Å². The molecule has 1 heterocycles. The van der Waals surface area contributed by atoms with Gasteiger partial charge in [-0.1, -0.05) is 20.8 Å². The lowest BCUT2D eigenvalue weighted by atomic mass is 10.0. The largest absolute Gasteiger partial charge is 0.383 e. The molecule has 0 bridgehead atoms. The van der Waals surface area contributed by atoms with Crippen LogP contribution in [0.5, 0.6) is 0 Å². The van der Waals surface area contributed by atoms with Gasteiger partial charge >= 0.3 is 0 Å². The summed E-state index contributed by atoms with van der Waals surface area (Å²) in [5, 5.41) is 7.78. The Bertz CT molecular complexity index is 296. The molecule has 0 aromatic carbocycles. The molecule has 1 rings (SSSR count). The number of nitrogens with one attached hydrogen (secondary N) is 1. The quantitative estimate of drug-likeness (QED) is 0.774. The number of hydrogen-bond acceptors (Lipinski definition) is 3. The highest BCUT2D eigenvalue weighted by atomic mass is 16.5. The lowest BCUT2D eigenvalue weighted by Crippen LogP contribution is -2.24. The van der Waals surface area contributed by atoms with E-state index in [2.05, 4.69) is 31.2 Å². The Morgan fingerprint density at radius 1 is 1.50 bits per heavy atom. The third-order valence-corrected chi connectivity index (χ3v) is 2.75. The zero-order valence-electron chi connectivity index (χ0n) is 10.7. The first-order valence-corrected chi connectivity index (χ1v) is 5.95. The maximum absolute atomic E-state index is 5.01. The van der Waals surface area contributed by atoms with E-state index in [1.54, 1.807) is 7.11 Å². The number of rotatable bonds is 7. The molecular weight excluding hydrogens is 202 g/mol. The van der Waals surface area contributed by atoms with Gasteiger partial charge in [-0.3, -0.25) is 4.68 Å². The first kappa shape index (κ1) is 13.0. The molecule has 0 aliphatic carbocycles. The highest BCUT2D eigenvalue weighted by Crippen LogP contribution is 2.14. The van der Waals surface area contributed by atoms with Crippen LogP contribution in [-0.2, 0) is 11.3 Å². The SMILES string of the molecule is CCC(Nc1cnn(CCOC)c1)C(C)C. The van der Waals surface area contributed by atoms with Crippen molar-refractivity contribution in [1.82, 2.24) is 9.78 Å². The van der Waals surface area contributed by atoms with Crippen molar-refractivity contribution in [3.63, 3.8) is 0 Å². The fraction of sp³-hybridized carbons (Fsp3) is 0.750. The van der Waals surface area contributed by atoms with Crippen LogP contribution in [0.4, 0.5) is 5.69 Å². The summed E-state index contributed by atoms with van der Waals surface area (Å²) >= 11 is 0. The second-order valence-electron chi connectivity index (χ2n) is 4.39. The number of methoxy groups -OCH3 is 1. The smallest absolute Gasteiger partial charge is 0.0728 e. The van der Waals surface area contributed by atoms with Crippen LogP contribution < -0.4 is 5.32 Å². The molecule has 1 unspecified atom stereocenters. The van der Waals surface area contributed by atoms with E-state index in [1.807, 2.05) is 17.1 Å². The monoisotopic (exact) mass is 225 g/mol. The van der Waals surface area contributed by atoms with E-state index in [0.717, 1.165) is 18.7 Å². The molecule has 0 saturated heterocycles. The molecule has 16 heavy (non-hydrogen) atoms. The van der Waals surface area contributed by atoms with E-state index in [9.17, 15) is 0 Å². The van der Waals surface area contributed by atoms with Crippen LogP contribution in [0.25, 0.3) is 0 Å². The summed E-state index contributed by atoms with van der Waals surface area (Å²) in [7, 11) is 1.70. The van der Waals surface area contributed by atoms with Crippen LogP contribution in [-0.4, -0.2) is 29.5 Å². The molecule has 0 amide bonds. The summed E-state index contributed by atoms with van der Waals surface area (Å²) in [6.07, 6.45) is 5.03. The van der Waals surface area contributed by atoms with Gasteiger partial charge in [0, 0.05) is 19.3 Å². The summed E-state index contributed by atoms with van der Waals surface area (Å²) in [5.41, 5.74) is 1.09. The molecule has 1 atom stereocenters.